The van der Waals surface area contributed by atoms with E-state index in [9.17, 15) is 11.0 Å². The molecule has 0 N–H and O–H groups in total. The summed E-state index contributed by atoms with van der Waals surface area (Å²) in [7, 11) is -3.64. The fourth-order valence-corrected chi connectivity index (χ4v) is 17.4. The molecule has 0 amide bonds. The van der Waals surface area contributed by atoms with Gasteiger partial charge in [-0.15, -0.1) is 0 Å². The minimum atomic E-state index is -3.64. The van der Waals surface area contributed by atoms with Crippen LogP contribution in [-0.4, -0.2) is 17.2 Å². The summed E-state index contributed by atoms with van der Waals surface area (Å²) in [6.07, 6.45) is 0. The molecule has 0 radical (unpaired) electrons. The molecule has 15 rings (SSSR count). The number of hydrogen-bond donors (Lipinski definition) is 0. The molecule has 0 spiro atoms. The largest absolute Gasteiger partial charge is 0.308 e. The van der Waals surface area contributed by atoms with Gasteiger partial charge in [-0.25, -0.2) is 0 Å². The van der Waals surface area contributed by atoms with Crippen molar-refractivity contribution < 1.29 is 13.7 Å². The molecule has 0 aliphatic carbocycles. The molecule has 380 valence electrons. The first kappa shape index (κ1) is 38.3. The zero-order valence-electron chi connectivity index (χ0n) is 53.8. The zero-order chi connectivity index (χ0) is 62.4. The Kier molecular flexibility index (Phi) is 9.53. The van der Waals surface area contributed by atoms with E-state index < -0.39 is 68.5 Å². The van der Waals surface area contributed by atoms with E-state index in [2.05, 4.69) is 162 Å². The average Bonchev–Trinajstić information content (AvgIpc) is 1.70. The predicted octanol–water partition coefficient (Wildman–Crippen LogP) is 17.6. The Morgan fingerprint density at radius 2 is 0.580 bits per heavy atom. The van der Waals surface area contributed by atoms with Gasteiger partial charge < -0.3 is 9.13 Å². The van der Waals surface area contributed by atoms with Crippen LogP contribution in [0.3, 0.4) is 0 Å². The summed E-state index contributed by atoms with van der Waals surface area (Å²) in [5.41, 5.74) is 11.3. The van der Waals surface area contributed by atoms with Crippen LogP contribution in [0.2, 0.25) is 0 Å². The van der Waals surface area contributed by atoms with Gasteiger partial charge in [-0.3, -0.25) is 0 Å². The summed E-state index contributed by atoms with van der Waals surface area (Å²) < 4.78 is 98.5. The number of para-hydroxylation sites is 3. The molecule has 0 aliphatic rings. The summed E-state index contributed by atoms with van der Waals surface area (Å²) in [5, 5.41) is 7.35. The number of rotatable bonds is 11. The Balaban J connectivity index is 1.04. The van der Waals surface area contributed by atoms with Crippen molar-refractivity contribution in [1.29, 1.82) is 0 Å². The molecule has 13 aromatic carbocycles. The fraction of sp³-hybridized carbons (Fsp3) is 0. The Bertz CT molecular complexity index is 5100. The molecule has 3 heteroatoms. The second kappa shape index (κ2) is 20.2. The van der Waals surface area contributed by atoms with Crippen LogP contribution in [-0.2, 0) is 0 Å². The van der Waals surface area contributed by atoms with Crippen LogP contribution in [0.5, 0.6) is 0 Å². The minimum absolute atomic E-state index is 0.106. The molecule has 15 aromatic rings. The highest BCUT2D eigenvalue weighted by molar-refractivity contribution is 7.20. The first-order valence-electron chi connectivity index (χ1n) is 32.2. The maximum Gasteiger partial charge on any atom is 0.179 e. The fourth-order valence-electron chi connectivity index (χ4n) is 12.6. The predicted molar refractivity (Wildman–Crippen MR) is 346 cm³/mol. The highest BCUT2D eigenvalue weighted by atomic mass is 28.3. The molecule has 0 bridgehead atoms. The van der Waals surface area contributed by atoms with Crippen molar-refractivity contribution in [2.75, 3.05) is 0 Å². The van der Waals surface area contributed by atoms with Crippen LogP contribution >= 0.6 is 0 Å². The summed E-state index contributed by atoms with van der Waals surface area (Å²) in [5.74, 6) is 0. The molecule has 0 atom stereocenters. The van der Waals surface area contributed by atoms with Gasteiger partial charge in [-0.1, -0.05) is 291 Å². The first-order valence-corrected chi connectivity index (χ1v) is 29.2. The average molecular weight is 1060 g/mol. The Labute approximate surface area is 487 Å². The maximum atomic E-state index is 9.85. The van der Waals surface area contributed by atoms with Gasteiger partial charge in [0.25, 0.3) is 0 Å². The van der Waals surface area contributed by atoms with Gasteiger partial charge in [-0.2, -0.15) is 0 Å². The summed E-state index contributed by atoms with van der Waals surface area (Å²) in [6, 6.07) is 85.9. The highest BCUT2D eigenvalue weighted by Gasteiger charge is 2.42. The van der Waals surface area contributed by atoms with Crippen LogP contribution in [0.15, 0.2) is 327 Å². The van der Waals surface area contributed by atoms with Crippen LogP contribution < -0.4 is 20.7 Å². The van der Waals surface area contributed by atoms with Crippen LogP contribution in [0.1, 0.15) is 13.7 Å². The second-order valence-electron chi connectivity index (χ2n) is 20.4. The molecule has 2 heterocycles. The quantitative estimate of drug-likeness (QED) is 0.0902. The lowest BCUT2D eigenvalue weighted by Crippen LogP contribution is -2.74. The van der Waals surface area contributed by atoms with E-state index >= 15 is 0 Å². The van der Waals surface area contributed by atoms with E-state index in [1.54, 1.807) is 0 Å². The molecule has 0 aliphatic heterocycles. The SMILES string of the molecule is [2H]c1c([2H])c([2H])c(-c2cc([Si](c3ccccc3)(c3ccccc3)c3ccccc3)cc(-c3c([2H])c([2H])c([2H])c([2H])c3[2H])c2-n2c3ccccc3c3cc(-c4ccc5c(c4)c4ccccc4n5-c4c(-c5ccccc5)cccc4-c4ccccc4)ccc32)c([2H])c1[2H]. The van der Waals surface area contributed by atoms with Gasteiger partial charge in [0.2, 0.25) is 0 Å². The van der Waals surface area contributed by atoms with E-state index in [0.717, 1.165) is 87.2 Å². The summed E-state index contributed by atoms with van der Waals surface area (Å²) in [4.78, 5) is 0. The van der Waals surface area contributed by atoms with Crippen molar-refractivity contribution in [2.45, 2.75) is 0 Å². The van der Waals surface area contributed by atoms with Crippen molar-refractivity contribution in [3.63, 3.8) is 0 Å². The number of fused-ring (bicyclic) bond motifs is 6. The Hall–Kier alpha value is -10.3. The highest BCUT2D eigenvalue weighted by Crippen LogP contribution is 2.45. The van der Waals surface area contributed by atoms with Crippen molar-refractivity contribution in [3.8, 4) is 67.0 Å². The molecule has 81 heavy (non-hydrogen) atoms. The molecule has 0 unspecified atom stereocenters. The van der Waals surface area contributed by atoms with Crippen molar-refractivity contribution in [3.05, 3.63) is 327 Å². The van der Waals surface area contributed by atoms with Gasteiger partial charge in [0, 0.05) is 43.8 Å². The Morgan fingerprint density at radius 3 is 0.988 bits per heavy atom. The normalized spacial score (nSPS) is 13.4. The molecule has 0 fully saturated rings. The van der Waals surface area contributed by atoms with Crippen LogP contribution in [0.25, 0.3) is 111 Å². The van der Waals surface area contributed by atoms with Crippen molar-refractivity contribution in [2.24, 2.45) is 0 Å². The maximum absolute atomic E-state index is 9.85. The van der Waals surface area contributed by atoms with Gasteiger partial charge >= 0.3 is 0 Å². The lowest BCUT2D eigenvalue weighted by atomic mass is 9.95. The number of benzene rings is 13. The van der Waals surface area contributed by atoms with Gasteiger partial charge in [0.1, 0.15) is 0 Å². The first-order chi connectivity index (χ1) is 44.4. The summed E-state index contributed by atoms with van der Waals surface area (Å²) >= 11 is 0. The molecular weight excluding hydrogens is 993 g/mol. The number of hydrogen-bond acceptors (Lipinski definition) is 0. The third-order valence-corrected chi connectivity index (χ3v) is 20.8. The number of aromatic nitrogens is 2. The monoisotopic (exact) mass is 1060 g/mol. The lowest BCUT2D eigenvalue weighted by Gasteiger charge is -2.36. The molecule has 2 nitrogen and oxygen atoms in total. The van der Waals surface area contributed by atoms with Gasteiger partial charge in [0.15, 0.2) is 8.07 Å². The number of nitrogens with zero attached hydrogens (tertiary/aromatic N) is 2. The molecule has 0 saturated carbocycles. The van der Waals surface area contributed by atoms with E-state index in [1.807, 2.05) is 114 Å². The van der Waals surface area contributed by atoms with Gasteiger partial charge in [-0.05, 0) is 90.5 Å². The molecular formula is C78H54N2Si. The zero-order valence-corrected chi connectivity index (χ0v) is 44.8. The Morgan fingerprint density at radius 1 is 0.235 bits per heavy atom. The van der Waals surface area contributed by atoms with Crippen LogP contribution in [0, 0.1) is 0 Å². The van der Waals surface area contributed by atoms with Crippen LogP contribution in [0.4, 0.5) is 0 Å². The van der Waals surface area contributed by atoms with E-state index in [1.165, 1.54) is 0 Å². The summed E-state index contributed by atoms with van der Waals surface area (Å²) in [6.45, 7) is 0. The smallest absolute Gasteiger partial charge is 0.179 e. The third-order valence-electron chi connectivity index (χ3n) is 16.0. The standard InChI is InChI=1S/C78H54N2Si/c1-8-27-55(28-9-1)65-43-26-44-66(56-29-10-2-11-30-56)77(65)79-73-45-24-22-41-67(73)71-51-59(47-49-75(71)79)60-48-50-76-72(52-60)68-42-23-25-46-74(68)80(76)78-69(57-31-12-3-13-32-57)53-64(54-70(78)58-33-14-4-15-34-58)81(61-35-16-5-17-36-61,62-37-18-6-19-38-62)63-39-20-7-21-40-63/h1-54H/i3D,4D,12D,13D,14D,15D,31D,32D,33D,34D. The minimum Gasteiger partial charge on any atom is -0.308 e. The second-order valence-corrected chi connectivity index (χ2v) is 24.2. The van der Waals surface area contributed by atoms with Crippen molar-refractivity contribution >= 4 is 72.4 Å². The van der Waals surface area contributed by atoms with Gasteiger partial charge in [0.05, 0.1) is 47.1 Å². The topological polar surface area (TPSA) is 9.86 Å². The lowest BCUT2D eigenvalue weighted by molar-refractivity contribution is 1.18. The van der Waals surface area contributed by atoms with E-state index in [4.69, 9.17) is 2.74 Å². The molecule has 0 saturated heterocycles. The van der Waals surface area contributed by atoms with Crippen molar-refractivity contribution in [1.82, 2.24) is 9.13 Å². The third kappa shape index (κ3) is 8.00. The molecule has 2 aromatic heterocycles. The van der Waals surface area contributed by atoms with E-state index in [0.29, 0.717) is 16.2 Å². The van der Waals surface area contributed by atoms with E-state index in [-0.39, 0.29) is 27.9 Å².